The van der Waals surface area contributed by atoms with Crippen molar-refractivity contribution in [3.05, 3.63) is 5.69 Å². The predicted molar refractivity (Wildman–Crippen MR) is 123 cm³/mol. The van der Waals surface area contributed by atoms with Gasteiger partial charge < -0.3 is 19.3 Å². The van der Waals surface area contributed by atoms with Crippen LogP contribution in [0.4, 0.5) is 11.8 Å². The lowest BCUT2D eigenvalue weighted by atomic mass is 10.0. The number of aryl methyl sites for hydroxylation is 1. The average molecular weight is 499 g/mol. The molecule has 0 saturated carbocycles. The van der Waals surface area contributed by atoms with E-state index in [1.165, 1.54) is 0 Å². The summed E-state index contributed by atoms with van der Waals surface area (Å²) in [5.74, 6) is 1.35. The Bertz CT molecular complexity index is 1040. The third-order valence-corrected chi connectivity index (χ3v) is 10.2. The number of rotatable bonds is 5. The minimum Gasteiger partial charge on any atom is -0.458 e. The molecule has 12 heteroatoms. The molecule has 0 amide bonds. The zero-order chi connectivity index (χ0) is 23.2. The Labute approximate surface area is 196 Å². The Morgan fingerprint density at radius 1 is 1.15 bits per heavy atom. The highest BCUT2D eigenvalue weighted by atomic mass is 32.2. The first-order valence-electron chi connectivity index (χ1n) is 11.6. The second-order valence-electron chi connectivity index (χ2n) is 9.27. The van der Waals surface area contributed by atoms with Crippen LogP contribution in [0.15, 0.2) is 4.90 Å². The molecule has 0 aromatic carbocycles. The third kappa shape index (κ3) is 4.74. The van der Waals surface area contributed by atoms with Crippen LogP contribution in [0.1, 0.15) is 31.4 Å². The summed E-state index contributed by atoms with van der Waals surface area (Å²) in [5, 5.41) is 0. The summed E-state index contributed by atoms with van der Waals surface area (Å²) in [5.41, 5.74) is 0.844. The number of sulfone groups is 1. The maximum atomic E-state index is 12.7. The number of nitrogens with zero attached hydrogens (tertiary/aromatic N) is 4. The first kappa shape index (κ1) is 23.0. The van der Waals surface area contributed by atoms with Crippen molar-refractivity contribution in [2.45, 2.75) is 49.1 Å². The van der Waals surface area contributed by atoms with Crippen molar-refractivity contribution in [3.63, 3.8) is 0 Å². The Balaban J connectivity index is 1.25. The van der Waals surface area contributed by atoms with E-state index in [0.29, 0.717) is 57.3 Å². The lowest BCUT2D eigenvalue weighted by molar-refractivity contribution is -0.155. The number of hydrogen-bond acceptors (Lipinski definition) is 10. The minimum atomic E-state index is -3.01. The van der Waals surface area contributed by atoms with E-state index in [0.717, 1.165) is 29.2 Å². The largest absolute Gasteiger partial charge is 0.458 e. The molecule has 1 unspecified atom stereocenters. The fourth-order valence-electron chi connectivity index (χ4n) is 4.85. The number of esters is 1. The van der Waals surface area contributed by atoms with E-state index in [-0.39, 0.29) is 35.5 Å². The lowest BCUT2D eigenvalue weighted by Gasteiger charge is -2.40. The molecule has 4 aliphatic rings. The fraction of sp³-hybridized carbons (Fsp3) is 0.762. The fourth-order valence-corrected chi connectivity index (χ4v) is 7.73. The van der Waals surface area contributed by atoms with Crippen molar-refractivity contribution >= 4 is 38.4 Å². The second-order valence-corrected chi connectivity index (χ2v) is 13.1. The van der Waals surface area contributed by atoms with Crippen LogP contribution in [-0.2, 0) is 41.3 Å². The highest BCUT2D eigenvalue weighted by Gasteiger charge is 2.38. The molecule has 0 bridgehead atoms. The number of fused-ring (bicyclic) bond motifs is 1. The molecule has 0 radical (unpaired) electrons. The Morgan fingerprint density at radius 2 is 1.85 bits per heavy atom. The summed E-state index contributed by atoms with van der Waals surface area (Å²) >= 11 is 0. The van der Waals surface area contributed by atoms with E-state index in [1.54, 1.807) is 0 Å². The molecule has 182 valence electrons. The average Bonchev–Trinajstić information content (AvgIpc) is 3.16. The van der Waals surface area contributed by atoms with Gasteiger partial charge in [-0.15, -0.1) is 0 Å². The molecule has 3 saturated heterocycles. The maximum Gasteiger partial charge on any atom is 0.309 e. The first-order valence-corrected chi connectivity index (χ1v) is 14.7. The molecule has 5 heterocycles. The number of hydrogen-bond donors (Lipinski definition) is 0. The second kappa shape index (κ2) is 9.10. The van der Waals surface area contributed by atoms with Gasteiger partial charge in [0.15, 0.2) is 5.82 Å². The van der Waals surface area contributed by atoms with Crippen LogP contribution in [0.25, 0.3) is 0 Å². The Kier molecular flexibility index (Phi) is 6.34. The molecule has 1 aromatic heterocycles. The number of aromatic nitrogens is 2. The number of carbonyl (C=O) groups excluding carboxylic acids is 1. The van der Waals surface area contributed by atoms with Crippen LogP contribution in [0, 0.1) is 5.92 Å². The topological polar surface area (TPSA) is 119 Å². The maximum absolute atomic E-state index is 12.7. The SMILES string of the molecule is CN(c1nc(N2CC(OC(=O)C3CCS(=O)(=O)CC3)C2)nc2c1S(=O)CC2)C1CCOCC1. The van der Waals surface area contributed by atoms with Crippen molar-refractivity contribution in [1.82, 2.24) is 9.97 Å². The lowest BCUT2D eigenvalue weighted by Crippen LogP contribution is -2.54. The highest BCUT2D eigenvalue weighted by Crippen LogP contribution is 2.35. The molecule has 0 spiro atoms. The summed E-state index contributed by atoms with van der Waals surface area (Å²) in [6, 6.07) is 0.285. The van der Waals surface area contributed by atoms with Gasteiger partial charge in [-0.05, 0) is 25.7 Å². The van der Waals surface area contributed by atoms with Crippen LogP contribution >= 0.6 is 0 Å². The molecule has 33 heavy (non-hydrogen) atoms. The normalized spacial score (nSPS) is 26.0. The Morgan fingerprint density at radius 3 is 2.55 bits per heavy atom. The summed E-state index contributed by atoms with van der Waals surface area (Å²) in [4.78, 5) is 26.8. The van der Waals surface area contributed by atoms with Gasteiger partial charge in [0.05, 0.1) is 47.0 Å². The molecule has 4 aliphatic heterocycles. The van der Waals surface area contributed by atoms with Crippen molar-refractivity contribution in [2.75, 3.05) is 60.4 Å². The standard InChI is InChI=1S/C21H30N4O6S2/c1-24(15-2-7-30-8-3-15)19-18-17(4-9-32(18)27)22-21(23-19)25-12-16(13-25)31-20(26)14-5-10-33(28,29)11-6-14/h14-16H,2-13H2,1H3. The van der Waals surface area contributed by atoms with Gasteiger partial charge in [-0.1, -0.05) is 0 Å². The zero-order valence-electron chi connectivity index (χ0n) is 18.8. The summed E-state index contributed by atoms with van der Waals surface area (Å²) in [7, 11) is -2.10. The quantitative estimate of drug-likeness (QED) is 0.525. The summed E-state index contributed by atoms with van der Waals surface area (Å²) in [6.07, 6.45) is 2.90. The van der Waals surface area contributed by atoms with E-state index in [2.05, 4.69) is 4.90 Å². The van der Waals surface area contributed by atoms with Crippen LogP contribution in [-0.4, -0.2) is 91.3 Å². The van der Waals surface area contributed by atoms with Crippen molar-refractivity contribution < 1.29 is 26.9 Å². The van der Waals surface area contributed by atoms with Gasteiger partial charge in [-0.3, -0.25) is 9.00 Å². The molecule has 0 N–H and O–H groups in total. The highest BCUT2D eigenvalue weighted by molar-refractivity contribution is 7.91. The number of anilines is 2. The van der Waals surface area contributed by atoms with Crippen molar-refractivity contribution in [2.24, 2.45) is 5.92 Å². The van der Waals surface area contributed by atoms with E-state index >= 15 is 0 Å². The Hall–Kier alpha value is -1.79. The molecular formula is C21H30N4O6S2. The van der Waals surface area contributed by atoms with Crippen LogP contribution in [0.2, 0.25) is 0 Å². The van der Waals surface area contributed by atoms with Crippen LogP contribution < -0.4 is 9.80 Å². The molecule has 1 atom stereocenters. The van der Waals surface area contributed by atoms with E-state index in [4.69, 9.17) is 19.4 Å². The molecule has 3 fully saturated rings. The summed E-state index contributed by atoms with van der Waals surface area (Å²) < 4.78 is 47.0. The van der Waals surface area contributed by atoms with Gasteiger partial charge >= 0.3 is 5.97 Å². The minimum absolute atomic E-state index is 0.0529. The van der Waals surface area contributed by atoms with Gasteiger partial charge in [-0.25, -0.2) is 13.4 Å². The summed E-state index contributed by atoms with van der Waals surface area (Å²) in [6.45, 7) is 2.42. The zero-order valence-corrected chi connectivity index (χ0v) is 20.4. The van der Waals surface area contributed by atoms with Gasteiger partial charge in [0.2, 0.25) is 5.95 Å². The smallest absolute Gasteiger partial charge is 0.309 e. The van der Waals surface area contributed by atoms with Gasteiger partial charge in [0, 0.05) is 38.5 Å². The third-order valence-electron chi connectivity index (χ3n) is 7.03. The van der Waals surface area contributed by atoms with E-state index in [1.807, 2.05) is 11.9 Å². The van der Waals surface area contributed by atoms with Crippen molar-refractivity contribution in [3.8, 4) is 0 Å². The van der Waals surface area contributed by atoms with Crippen LogP contribution in [0.5, 0.6) is 0 Å². The van der Waals surface area contributed by atoms with Gasteiger partial charge in [0.25, 0.3) is 0 Å². The number of carbonyl (C=O) groups is 1. The molecule has 0 aliphatic carbocycles. The van der Waals surface area contributed by atoms with Gasteiger partial charge in [0.1, 0.15) is 20.8 Å². The molecule has 1 aromatic rings. The monoisotopic (exact) mass is 498 g/mol. The molecular weight excluding hydrogens is 468 g/mol. The van der Waals surface area contributed by atoms with Crippen molar-refractivity contribution in [1.29, 1.82) is 0 Å². The van der Waals surface area contributed by atoms with Crippen LogP contribution in [0.3, 0.4) is 0 Å². The van der Waals surface area contributed by atoms with E-state index < -0.39 is 20.6 Å². The van der Waals surface area contributed by atoms with Gasteiger partial charge in [-0.2, -0.15) is 4.98 Å². The number of ether oxygens (including phenoxy) is 2. The molecule has 5 rings (SSSR count). The molecule has 10 nitrogen and oxygen atoms in total. The predicted octanol–water partition coefficient (Wildman–Crippen LogP) is 0.312. The first-order chi connectivity index (χ1) is 15.8. The van der Waals surface area contributed by atoms with E-state index in [9.17, 15) is 17.4 Å².